The number of aliphatic hydroxyl groups excluding tert-OH is 11. The van der Waals surface area contributed by atoms with Crippen molar-refractivity contribution in [3.8, 4) is 0 Å². The normalized spacial score (nSPS) is 29.5. The minimum atomic E-state index is -3.07. The van der Waals surface area contributed by atoms with E-state index in [1.54, 1.807) is 0 Å². The quantitative estimate of drug-likeness (QED) is 0.0371. The lowest BCUT2D eigenvalue weighted by Crippen LogP contribution is -2.70. The number of unbranched alkanes of at least 4 members (excludes halogenated alkanes) is 29. The number of ether oxygens (including phenoxy) is 6. The topological polar surface area (TPSA) is 373 Å². The third-order valence-corrected chi connectivity index (χ3v) is 17.1. The van der Waals surface area contributed by atoms with Crippen molar-refractivity contribution in [2.24, 2.45) is 0 Å². The van der Waals surface area contributed by atoms with E-state index in [4.69, 9.17) is 28.4 Å². The molecule has 3 rings (SSSR count). The van der Waals surface area contributed by atoms with Crippen LogP contribution in [0.15, 0.2) is 0 Å². The van der Waals surface area contributed by atoms with Gasteiger partial charge in [0.05, 0.1) is 50.7 Å². The molecule has 23 heteroatoms. The Morgan fingerprint density at radius 3 is 1.47 bits per heavy atom. The molecule has 2 amide bonds. The number of hydrogen-bond acceptors (Lipinski definition) is 20. The molecule has 3 heterocycles. The van der Waals surface area contributed by atoms with Gasteiger partial charge in [0, 0.05) is 19.8 Å². The van der Waals surface area contributed by atoms with E-state index in [9.17, 15) is 75.7 Å². The van der Waals surface area contributed by atoms with E-state index in [0.717, 1.165) is 51.9 Å². The van der Waals surface area contributed by atoms with Gasteiger partial charge in [0.1, 0.15) is 67.1 Å². The van der Waals surface area contributed by atoms with Gasteiger partial charge in [-0.05, 0) is 12.8 Å². The number of nitrogens with one attached hydrogen (secondary N) is 2. The van der Waals surface area contributed by atoms with Crippen molar-refractivity contribution in [2.75, 3.05) is 26.4 Å². The van der Waals surface area contributed by atoms with Crippen LogP contribution in [-0.2, 0) is 42.8 Å². The first-order valence-corrected chi connectivity index (χ1v) is 32.9. The van der Waals surface area contributed by atoms with E-state index in [-0.39, 0.29) is 18.9 Å². The Bertz CT molecular complexity index is 1740. The Hall–Kier alpha value is -2.27. The zero-order chi connectivity index (χ0) is 62.6. The van der Waals surface area contributed by atoms with Gasteiger partial charge in [0.2, 0.25) is 11.8 Å². The molecule has 85 heavy (non-hydrogen) atoms. The summed E-state index contributed by atoms with van der Waals surface area (Å²) in [6.45, 7) is 2.17. The monoisotopic (exact) mass is 1220 g/mol. The fourth-order valence-electron chi connectivity index (χ4n) is 11.8. The van der Waals surface area contributed by atoms with Crippen LogP contribution in [0.5, 0.6) is 0 Å². The second-order valence-corrected chi connectivity index (χ2v) is 24.3. The van der Waals surface area contributed by atoms with E-state index in [2.05, 4.69) is 24.5 Å². The maximum Gasteiger partial charge on any atom is 0.364 e. The average Bonchev–Trinajstić information content (AvgIpc) is 2.33. The molecule has 18 unspecified atom stereocenters. The number of carbonyl (C=O) groups excluding carboxylic acids is 2. The van der Waals surface area contributed by atoms with Crippen molar-refractivity contribution >= 4 is 17.8 Å². The summed E-state index contributed by atoms with van der Waals surface area (Å²) in [5, 5.41) is 136. The van der Waals surface area contributed by atoms with Crippen molar-refractivity contribution < 1.29 is 104 Å². The Kier molecular flexibility index (Phi) is 40.1. The number of rotatable bonds is 49. The lowest BCUT2D eigenvalue weighted by molar-refractivity contribution is -0.386. The Morgan fingerprint density at radius 2 is 1.02 bits per heavy atom. The highest BCUT2D eigenvalue weighted by atomic mass is 16.8. The van der Waals surface area contributed by atoms with E-state index < -0.39 is 148 Å². The number of aliphatic hydroxyl groups is 11. The summed E-state index contributed by atoms with van der Waals surface area (Å²) < 4.78 is 34.7. The van der Waals surface area contributed by atoms with Gasteiger partial charge in [-0.2, -0.15) is 0 Å². The number of carboxylic acid groups (broad SMARTS) is 1. The van der Waals surface area contributed by atoms with Crippen molar-refractivity contribution in [3.05, 3.63) is 0 Å². The van der Waals surface area contributed by atoms with Gasteiger partial charge in [0.15, 0.2) is 12.6 Å². The molecule has 0 bridgehead atoms. The molecule has 0 saturated carbocycles. The summed E-state index contributed by atoms with van der Waals surface area (Å²) >= 11 is 0. The molecular formula is C62H116N2O21. The van der Waals surface area contributed by atoms with Crippen LogP contribution in [0.1, 0.15) is 239 Å². The fourth-order valence-corrected chi connectivity index (χ4v) is 11.8. The first-order valence-electron chi connectivity index (χ1n) is 32.9. The fraction of sp³-hybridized carbons (Fsp3) is 0.952. The summed E-state index contributed by atoms with van der Waals surface area (Å²) in [7, 11) is 0. The zero-order valence-electron chi connectivity index (χ0n) is 51.7. The van der Waals surface area contributed by atoms with E-state index in [1.807, 2.05) is 0 Å². The number of carbonyl (C=O) groups is 3. The van der Waals surface area contributed by atoms with Crippen molar-refractivity contribution in [2.45, 2.75) is 349 Å². The lowest BCUT2D eigenvalue weighted by Gasteiger charge is -2.50. The molecule has 500 valence electrons. The van der Waals surface area contributed by atoms with E-state index in [0.29, 0.717) is 19.3 Å². The largest absolute Gasteiger partial charge is 0.477 e. The SMILES string of the molecule is CCCCCCCCCCCCCCCCCCCCCCCCC(=O)NC(COC1OC(CO)C(OC2OC(CO)C(O)C(OC3(C(=O)O)CC(O)C(NC(C)=O)C(C(O)C(O)CO)O3)C2O)C(O)C1O)C(O)CCCCCCCCCCC. The second-order valence-electron chi connectivity index (χ2n) is 24.3. The van der Waals surface area contributed by atoms with Crippen LogP contribution >= 0.6 is 0 Å². The molecule has 3 aliphatic rings. The third-order valence-electron chi connectivity index (χ3n) is 17.1. The van der Waals surface area contributed by atoms with Crippen molar-refractivity contribution in [3.63, 3.8) is 0 Å². The van der Waals surface area contributed by atoms with Crippen molar-refractivity contribution in [1.29, 1.82) is 0 Å². The third kappa shape index (κ3) is 27.8. The molecule has 0 spiro atoms. The van der Waals surface area contributed by atoms with Crippen LogP contribution in [0, 0.1) is 0 Å². The highest BCUT2D eigenvalue weighted by Gasteiger charge is 2.60. The maximum atomic E-state index is 13.4. The molecule has 0 radical (unpaired) electrons. The summed E-state index contributed by atoms with van der Waals surface area (Å²) in [6, 6.07) is -2.52. The Balaban J connectivity index is 1.56. The highest BCUT2D eigenvalue weighted by molar-refractivity contribution is 5.77. The lowest BCUT2D eigenvalue weighted by atomic mass is 9.88. The standard InChI is InChI=1S/C62H116N2O21/c1-4-6-8-10-12-14-15-16-17-18-19-20-21-22-23-24-25-26-28-30-32-34-36-49(72)64-43(44(69)35-33-31-29-27-13-11-9-7-5-2)41-80-59-54(76)53(75)56(48(40-67)82-59)83-60-55(77)58(52(74)47(39-66)81-60)85-62(61(78)79)37-45(70)50(63-42(3)68)57(84-62)51(73)46(71)38-65/h43-48,50-60,65-67,69-71,73-77H,4-41H2,1-3H3,(H,63,68)(H,64,72)(H,78,79). The van der Waals surface area contributed by atoms with E-state index >= 15 is 0 Å². The first-order chi connectivity index (χ1) is 40.9. The molecular weight excluding hydrogens is 1110 g/mol. The molecule has 14 N–H and O–H groups in total. The second kappa shape index (κ2) is 44.2. The molecule has 3 fully saturated rings. The summed E-state index contributed by atoms with van der Waals surface area (Å²) in [4.78, 5) is 38.4. The summed E-state index contributed by atoms with van der Waals surface area (Å²) in [5.41, 5.74) is 0. The molecule has 0 aromatic rings. The van der Waals surface area contributed by atoms with Gasteiger partial charge in [-0.1, -0.05) is 206 Å². The predicted molar refractivity (Wildman–Crippen MR) is 315 cm³/mol. The van der Waals surface area contributed by atoms with Crippen molar-refractivity contribution in [1.82, 2.24) is 10.6 Å². The number of carboxylic acids is 1. The molecule has 0 aliphatic carbocycles. The van der Waals surface area contributed by atoms with Gasteiger partial charge < -0.3 is 100 Å². The van der Waals surface area contributed by atoms with Gasteiger partial charge >= 0.3 is 5.97 Å². The molecule has 3 saturated heterocycles. The van der Waals surface area contributed by atoms with Crippen LogP contribution < -0.4 is 10.6 Å². The Morgan fingerprint density at radius 1 is 0.565 bits per heavy atom. The predicted octanol–water partition coefficient (Wildman–Crippen LogP) is 4.56. The summed E-state index contributed by atoms with van der Waals surface area (Å²) in [5.74, 6) is -6.10. The van der Waals surface area contributed by atoms with Gasteiger partial charge in [-0.25, -0.2) is 4.79 Å². The van der Waals surface area contributed by atoms with Gasteiger partial charge in [-0.3, -0.25) is 9.59 Å². The van der Waals surface area contributed by atoms with Crippen LogP contribution in [0.25, 0.3) is 0 Å². The maximum absolute atomic E-state index is 13.4. The first kappa shape index (κ1) is 77.0. The average molecular weight is 1230 g/mol. The summed E-state index contributed by atoms with van der Waals surface area (Å²) in [6.07, 6.45) is 8.63. The molecule has 0 aromatic heterocycles. The van der Waals surface area contributed by atoms with Crippen LogP contribution in [-0.4, -0.2) is 215 Å². The van der Waals surface area contributed by atoms with E-state index in [1.165, 1.54) is 141 Å². The minimum Gasteiger partial charge on any atom is -0.477 e. The van der Waals surface area contributed by atoms with Crippen LogP contribution in [0.3, 0.4) is 0 Å². The molecule has 0 aromatic carbocycles. The van der Waals surface area contributed by atoms with Crippen LogP contribution in [0.2, 0.25) is 0 Å². The zero-order valence-corrected chi connectivity index (χ0v) is 51.7. The minimum absolute atomic E-state index is 0.228. The number of amides is 2. The van der Waals surface area contributed by atoms with Gasteiger partial charge in [0.25, 0.3) is 5.79 Å². The van der Waals surface area contributed by atoms with Crippen LogP contribution in [0.4, 0.5) is 0 Å². The van der Waals surface area contributed by atoms with Gasteiger partial charge in [-0.15, -0.1) is 0 Å². The molecule has 18 atom stereocenters. The molecule has 23 nitrogen and oxygen atoms in total. The number of hydrogen-bond donors (Lipinski definition) is 14. The smallest absolute Gasteiger partial charge is 0.364 e. The number of aliphatic carboxylic acids is 1. The molecule has 3 aliphatic heterocycles. The Labute approximate surface area is 506 Å². The highest BCUT2D eigenvalue weighted by Crippen LogP contribution is 2.39.